The summed E-state index contributed by atoms with van der Waals surface area (Å²) in [5.74, 6) is -1.39. The van der Waals surface area contributed by atoms with E-state index in [-0.39, 0.29) is 24.3 Å². The number of aliphatic carboxylic acids is 1. The van der Waals surface area contributed by atoms with Gasteiger partial charge in [-0.1, -0.05) is 42.5 Å². The lowest BCUT2D eigenvalue weighted by molar-refractivity contribution is -0.143. The van der Waals surface area contributed by atoms with Gasteiger partial charge >= 0.3 is 5.97 Å². The molecule has 0 bridgehead atoms. The molecule has 1 amide bonds. The fourth-order valence-electron chi connectivity index (χ4n) is 3.42. The molecule has 3 unspecified atom stereocenters. The molecule has 0 spiro atoms. The number of carboxylic acid groups (broad SMARTS) is 1. The van der Waals surface area contributed by atoms with Gasteiger partial charge in [0.15, 0.2) is 0 Å². The highest BCUT2D eigenvalue weighted by molar-refractivity contribution is 5.88. The van der Waals surface area contributed by atoms with E-state index >= 15 is 0 Å². The Labute approximate surface area is 147 Å². The molecular formula is C20H23NO4. The van der Waals surface area contributed by atoms with E-state index in [9.17, 15) is 14.7 Å². The topological polar surface area (TPSA) is 75.6 Å². The molecule has 2 aromatic carbocycles. The van der Waals surface area contributed by atoms with Crippen LogP contribution in [0.5, 0.6) is 0 Å². The molecule has 0 aromatic heterocycles. The summed E-state index contributed by atoms with van der Waals surface area (Å²) in [4.78, 5) is 24.2. The number of rotatable bonds is 5. The van der Waals surface area contributed by atoms with Crippen LogP contribution >= 0.6 is 0 Å². The van der Waals surface area contributed by atoms with E-state index in [1.807, 2.05) is 49.4 Å². The summed E-state index contributed by atoms with van der Waals surface area (Å²) in [6, 6.07) is 12.8. The molecule has 2 aromatic rings. The average Bonchev–Trinajstić information content (AvgIpc) is 2.61. The van der Waals surface area contributed by atoms with Gasteiger partial charge in [0.05, 0.1) is 6.10 Å². The first-order valence-corrected chi connectivity index (χ1v) is 8.66. The van der Waals surface area contributed by atoms with Crippen LogP contribution in [-0.4, -0.2) is 35.7 Å². The van der Waals surface area contributed by atoms with Crippen molar-refractivity contribution in [2.45, 2.75) is 38.3 Å². The summed E-state index contributed by atoms with van der Waals surface area (Å²) in [5.41, 5.74) is 0.922. The van der Waals surface area contributed by atoms with Crippen molar-refractivity contribution in [3.63, 3.8) is 0 Å². The predicted molar refractivity (Wildman–Crippen MR) is 95.4 cm³/mol. The van der Waals surface area contributed by atoms with Crippen LogP contribution in [0.25, 0.3) is 10.8 Å². The zero-order valence-corrected chi connectivity index (χ0v) is 14.3. The maximum atomic E-state index is 12.5. The second-order valence-electron chi connectivity index (χ2n) is 6.64. The van der Waals surface area contributed by atoms with Crippen LogP contribution in [-0.2, 0) is 20.7 Å². The minimum atomic E-state index is -1.01. The van der Waals surface area contributed by atoms with E-state index < -0.39 is 12.0 Å². The highest BCUT2D eigenvalue weighted by atomic mass is 16.5. The molecule has 1 aliphatic rings. The molecule has 1 saturated heterocycles. The minimum Gasteiger partial charge on any atom is -0.480 e. The molecular weight excluding hydrogens is 318 g/mol. The molecule has 1 aliphatic heterocycles. The van der Waals surface area contributed by atoms with Crippen LogP contribution in [0, 0.1) is 5.92 Å². The number of carbonyl (C=O) groups excluding carboxylic acids is 1. The standard InChI is InChI=1S/C20H23NO4/c1-13-11-16(9-10-25-13)19(22)21-18(20(23)24)12-15-7-4-6-14-5-2-3-8-17(14)15/h2-8,13,16,18H,9-12H2,1H3,(H,21,22)(H,23,24). The largest absolute Gasteiger partial charge is 0.480 e. The van der Waals surface area contributed by atoms with Crippen molar-refractivity contribution in [1.82, 2.24) is 5.32 Å². The van der Waals surface area contributed by atoms with Gasteiger partial charge in [0.1, 0.15) is 6.04 Å². The quantitative estimate of drug-likeness (QED) is 0.877. The van der Waals surface area contributed by atoms with Gasteiger partial charge in [-0.25, -0.2) is 4.79 Å². The third-order valence-electron chi connectivity index (χ3n) is 4.77. The number of nitrogens with one attached hydrogen (secondary N) is 1. The molecule has 0 saturated carbocycles. The summed E-state index contributed by atoms with van der Waals surface area (Å²) in [7, 11) is 0. The van der Waals surface area contributed by atoms with E-state index in [0.29, 0.717) is 19.4 Å². The molecule has 2 N–H and O–H groups in total. The number of carbonyl (C=O) groups is 2. The highest BCUT2D eigenvalue weighted by Crippen LogP contribution is 2.22. The number of carboxylic acids is 1. The summed E-state index contributed by atoms with van der Waals surface area (Å²) in [5, 5.41) is 14.4. The Kier molecular flexibility index (Phi) is 5.34. The summed E-state index contributed by atoms with van der Waals surface area (Å²) >= 11 is 0. The first-order chi connectivity index (χ1) is 12.0. The van der Waals surface area contributed by atoms with Crippen LogP contribution < -0.4 is 5.32 Å². The van der Waals surface area contributed by atoms with Gasteiger partial charge in [0.2, 0.25) is 5.91 Å². The molecule has 3 rings (SSSR count). The van der Waals surface area contributed by atoms with Crippen molar-refractivity contribution in [1.29, 1.82) is 0 Å². The van der Waals surface area contributed by atoms with E-state index in [1.54, 1.807) is 0 Å². The number of ether oxygens (including phenoxy) is 1. The number of benzene rings is 2. The molecule has 5 heteroatoms. The van der Waals surface area contributed by atoms with Crippen molar-refractivity contribution < 1.29 is 19.4 Å². The van der Waals surface area contributed by atoms with E-state index in [2.05, 4.69) is 5.32 Å². The molecule has 3 atom stereocenters. The van der Waals surface area contributed by atoms with Crippen LogP contribution in [0.4, 0.5) is 0 Å². The van der Waals surface area contributed by atoms with E-state index in [4.69, 9.17) is 4.74 Å². The Balaban J connectivity index is 1.75. The van der Waals surface area contributed by atoms with Gasteiger partial charge in [-0.15, -0.1) is 0 Å². The monoisotopic (exact) mass is 341 g/mol. The molecule has 1 fully saturated rings. The molecule has 5 nitrogen and oxygen atoms in total. The summed E-state index contributed by atoms with van der Waals surface area (Å²) in [6.07, 6.45) is 1.57. The van der Waals surface area contributed by atoms with Crippen LogP contribution in [0.3, 0.4) is 0 Å². The predicted octanol–water partition coefficient (Wildman–Crippen LogP) is 2.77. The van der Waals surface area contributed by atoms with Gasteiger partial charge in [-0.2, -0.15) is 0 Å². The zero-order chi connectivity index (χ0) is 17.8. The number of amides is 1. The third kappa shape index (κ3) is 4.17. The fourth-order valence-corrected chi connectivity index (χ4v) is 3.42. The molecule has 132 valence electrons. The Morgan fingerprint density at radius 2 is 2.00 bits per heavy atom. The lowest BCUT2D eigenvalue weighted by Gasteiger charge is -2.27. The minimum absolute atomic E-state index is 0.0332. The maximum Gasteiger partial charge on any atom is 0.326 e. The number of hydrogen-bond acceptors (Lipinski definition) is 3. The molecule has 25 heavy (non-hydrogen) atoms. The molecule has 0 radical (unpaired) electrons. The Morgan fingerprint density at radius 3 is 2.76 bits per heavy atom. The van der Waals surface area contributed by atoms with Crippen LogP contribution in [0.1, 0.15) is 25.3 Å². The third-order valence-corrected chi connectivity index (χ3v) is 4.77. The fraction of sp³-hybridized carbons (Fsp3) is 0.400. The second-order valence-corrected chi connectivity index (χ2v) is 6.64. The Morgan fingerprint density at radius 1 is 1.24 bits per heavy atom. The first-order valence-electron chi connectivity index (χ1n) is 8.66. The Hall–Kier alpha value is -2.40. The lowest BCUT2D eigenvalue weighted by atomic mass is 9.94. The van der Waals surface area contributed by atoms with Crippen LogP contribution in [0.15, 0.2) is 42.5 Å². The lowest BCUT2D eigenvalue weighted by Crippen LogP contribution is -2.46. The molecule has 1 heterocycles. The zero-order valence-electron chi connectivity index (χ0n) is 14.3. The van der Waals surface area contributed by atoms with E-state index in [0.717, 1.165) is 16.3 Å². The first kappa shape index (κ1) is 17.4. The van der Waals surface area contributed by atoms with E-state index in [1.165, 1.54) is 0 Å². The van der Waals surface area contributed by atoms with Gasteiger partial charge in [0, 0.05) is 18.9 Å². The smallest absolute Gasteiger partial charge is 0.326 e. The highest BCUT2D eigenvalue weighted by Gasteiger charge is 2.29. The van der Waals surface area contributed by atoms with Crippen molar-refractivity contribution in [3.05, 3.63) is 48.0 Å². The van der Waals surface area contributed by atoms with Gasteiger partial charge < -0.3 is 15.2 Å². The normalized spacial score (nSPS) is 21.6. The average molecular weight is 341 g/mol. The van der Waals surface area contributed by atoms with Crippen molar-refractivity contribution >= 4 is 22.6 Å². The van der Waals surface area contributed by atoms with Crippen molar-refractivity contribution in [2.24, 2.45) is 5.92 Å². The number of hydrogen-bond donors (Lipinski definition) is 2. The maximum absolute atomic E-state index is 12.5. The van der Waals surface area contributed by atoms with Gasteiger partial charge in [0.25, 0.3) is 0 Å². The second kappa shape index (κ2) is 7.66. The SMILES string of the molecule is CC1CC(C(=O)NC(Cc2cccc3ccccc23)C(=O)O)CCO1. The summed E-state index contributed by atoms with van der Waals surface area (Å²) < 4.78 is 5.46. The van der Waals surface area contributed by atoms with Crippen molar-refractivity contribution in [2.75, 3.05) is 6.61 Å². The summed E-state index contributed by atoms with van der Waals surface area (Å²) in [6.45, 7) is 2.48. The molecule has 0 aliphatic carbocycles. The van der Waals surface area contributed by atoms with Gasteiger partial charge in [-0.3, -0.25) is 4.79 Å². The Bertz CT molecular complexity index is 768. The van der Waals surface area contributed by atoms with Gasteiger partial charge in [-0.05, 0) is 36.1 Å². The number of fused-ring (bicyclic) bond motifs is 1. The van der Waals surface area contributed by atoms with Crippen molar-refractivity contribution in [3.8, 4) is 0 Å². The van der Waals surface area contributed by atoms with Crippen LogP contribution in [0.2, 0.25) is 0 Å².